The number of halogens is 3. The third kappa shape index (κ3) is 4.44. The van der Waals surface area contributed by atoms with E-state index in [1.54, 1.807) is 43.3 Å². The quantitative estimate of drug-likeness (QED) is 0.435. The first-order valence-corrected chi connectivity index (χ1v) is 11.0. The molecule has 4 rings (SSSR count). The Labute approximate surface area is 199 Å². The van der Waals surface area contributed by atoms with Crippen molar-refractivity contribution >= 4 is 11.6 Å². The second kappa shape index (κ2) is 9.75. The van der Waals surface area contributed by atoms with Crippen molar-refractivity contribution in [3.05, 3.63) is 127 Å². The third-order valence-corrected chi connectivity index (χ3v) is 6.15. The molecule has 8 heteroatoms. The van der Waals surface area contributed by atoms with Crippen LogP contribution < -0.4 is 17.0 Å². The molecule has 0 aliphatic heterocycles. The molecule has 1 heterocycles. The lowest BCUT2D eigenvalue weighted by Gasteiger charge is -2.20. The van der Waals surface area contributed by atoms with E-state index in [4.69, 9.17) is 17.3 Å². The van der Waals surface area contributed by atoms with Gasteiger partial charge in [0.2, 0.25) is 0 Å². The summed E-state index contributed by atoms with van der Waals surface area (Å²) in [6, 6.07) is 18.6. The Morgan fingerprint density at radius 3 is 2.15 bits per heavy atom. The van der Waals surface area contributed by atoms with Crippen LogP contribution in [0.4, 0.5) is 8.78 Å². The van der Waals surface area contributed by atoms with E-state index < -0.39 is 35.5 Å². The van der Waals surface area contributed by atoms with E-state index in [1.807, 2.05) is 18.2 Å². The summed E-state index contributed by atoms with van der Waals surface area (Å²) in [5.74, 6) is -1.58. The summed E-state index contributed by atoms with van der Waals surface area (Å²) in [5, 5.41) is 0.309. The highest BCUT2D eigenvalue weighted by Crippen LogP contribution is 2.27. The first-order chi connectivity index (χ1) is 16.3. The van der Waals surface area contributed by atoms with Crippen LogP contribution in [0.5, 0.6) is 0 Å². The Morgan fingerprint density at radius 2 is 1.50 bits per heavy atom. The summed E-state index contributed by atoms with van der Waals surface area (Å²) >= 11 is 6.38. The Hall–Kier alpha value is -3.55. The molecule has 0 aliphatic rings. The number of rotatable bonds is 6. The first-order valence-electron chi connectivity index (χ1n) is 10.6. The fourth-order valence-corrected chi connectivity index (χ4v) is 4.20. The average Bonchev–Trinajstić information content (AvgIpc) is 2.83. The molecule has 3 aromatic carbocycles. The number of benzene rings is 3. The van der Waals surface area contributed by atoms with Crippen LogP contribution in [-0.2, 0) is 13.1 Å². The van der Waals surface area contributed by atoms with E-state index in [-0.39, 0.29) is 23.4 Å². The topological polar surface area (TPSA) is 70.0 Å². The van der Waals surface area contributed by atoms with Crippen LogP contribution in [0.1, 0.15) is 22.9 Å². The van der Waals surface area contributed by atoms with Crippen molar-refractivity contribution in [2.75, 3.05) is 0 Å². The smallest absolute Gasteiger partial charge is 0.322 e. The number of nitrogens with zero attached hydrogens (tertiary/aromatic N) is 2. The largest absolute Gasteiger partial charge is 0.331 e. The number of hydrogen-bond acceptors (Lipinski definition) is 3. The molecule has 5 nitrogen and oxygen atoms in total. The molecule has 0 fully saturated rings. The summed E-state index contributed by atoms with van der Waals surface area (Å²) < 4.78 is 31.0. The molecule has 1 aromatic heterocycles. The third-order valence-electron chi connectivity index (χ3n) is 5.82. The predicted octanol–water partition coefficient (Wildman–Crippen LogP) is 4.67. The number of hydrogen-bond donors (Lipinski definition) is 1. The van der Waals surface area contributed by atoms with Gasteiger partial charge in [-0.2, -0.15) is 0 Å². The van der Waals surface area contributed by atoms with E-state index in [9.17, 15) is 18.4 Å². The zero-order chi connectivity index (χ0) is 24.4. The standard InChI is InChI=1S/C26H22ClF2N3O2/c1-16-24(18-10-5-6-11-20(18)27)25(33)32(15-23(30)17-8-3-2-4-9-17)26(34)31(16)14-19-21(28)12-7-13-22(19)29/h2-13,23H,14-15,30H2,1H3/t23-/m0/s1. The van der Waals surface area contributed by atoms with Crippen molar-refractivity contribution in [3.63, 3.8) is 0 Å². The van der Waals surface area contributed by atoms with Crippen LogP contribution >= 0.6 is 11.6 Å². The maximum Gasteiger partial charge on any atom is 0.331 e. The molecule has 0 amide bonds. The minimum Gasteiger partial charge on any atom is -0.322 e. The Balaban J connectivity index is 1.95. The van der Waals surface area contributed by atoms with Gasteiger partial charge in [-0.1, -0.05) is 66.2 Å². The summed E-state index contributed by atoms with van der Waals surface area (Å²) in [4.78, 5) is 27.0. The van der Waals surface area contributed by atoms with Gasteiger partial charge < -0.3 is 5.73 Å². The van der Waals surface area contributed by atoms with Gasteiger partial charge in [0, 0.05) is 27.9 Å². The van der Waals surface area contributed by atoms with Crippen LogP contribution in [0.3, 0.4) is 0 Å². The van der Waals surface area contributed by atoms with E-state index >= 15 is 0 Å². The predicted molar refractivity (Wildman–Crippen MR) is 129 cm³/mol. The lowest BCUT2D eigenvalue weighted by Crippen LogP contribution is -2.44. The van der Waals surface area contributed by atoms with Gasteiger partial charge in [0.05, 0.1) is 18.7 Å². The van der Waals surface area contributed by atoms with Crippen LogP contribution in [0, 0.1) is 18.6 Å². The van der Waals surface area contributed by atoms with Crippen molar-refractivity contribution in [2.45, 2.75) is 26.1 Å². The van der Waals surface area contributed by atoms with E-state index in [1.165, 1.54) is 10.6 Å². The maximum atomic E-state index is 14.4. The van der Waals surface area contributed by atoms with Gasteiger partial charge in [-0.3, -0.25) is 13.9 Å². The van der Waals surface area contributed by atoms with Crippen molar-refractivity contribution < 1.29 is 8.78 Å². The van der Waals surface area contributed by atoms with Gasteiger partial charge in [0.1, 0.15) is 11.6 Å². The minimum atomic E-state index is -0.788. The Bertz CT molecular complexity index is 1450. The van der Waals surface area contributed by atoms with E-state index in [0.29, 0.717) is 10.6 Å². The highest BCUT2D eigenvalue weighted by atomic mass is 35.5. The van der Waals surface area contributed by atoms with Gasteiger partial charge in [-0.05, 0) is 30.7 Å². The lowest BCUT2D eigenvalue weighted by molar-refractivity contribution is 0.493. The molecule has 0 spiro atoms. The maximum absolute atomic E-state index is 14.4. The monoisotopic (exact) mass is 481 g/mol. The zero-order valence-electron chi connectivity index (χ0n) is 18.3. The average molecular weight is 482 g/mol. The molecule has 1 atom stereocenters. The van der Waals surface area contributed by atoms with Gasteiger partial charge in [-0.15, -0.1) is 0 Å². The molecule has 2 N–H and O–H groups in total. The minimum absolute atomic E-state index is 0.126. The lowest BCUT2D eigenvalue weighted by atomic mass is 10.0. The summed E-state index contributed by atoms with van der Waals surface area (Å²) in [6.45, 7) is 1.03. The first kappa shape index (κ1) is 23.6. The van der Waals surface area contributed by atoms with Gasteiger partial charge in [0.15, 0.2) is 0 Å². The highest BCUT2D eigenvalue weighted by molar-refractivity contribution is 6.33. The summed E-state index contributed by atoms with van der Waals surface area (Å²) in [5.41, 5.74) is 6.31. The molecule has 0 aliphatic carbocycles. The molecule has 0 saturated carbocycles. The number of nitrogens with two attached hydrogens (primary N) is 1. The van der Waals surface area contributed by atoms with Crippen molar-refractivity contribution in [2.24, 2.45) is 5.73 Å². The van der Waals surface area contributed by atoms with Crippen molar-refractivity contribution in [3.8, 4) is 11.1 Å². The molecule has 34 heavy (non-hydrogen) atoms. The van der Waals surface area contributed by atoms with Gasteiger partial charge in [-0.25, -0.2) is 13.6 Å². The molecular weight excluding hydrogens is 460 g/mol. The van der Waals surface area contributed by atoms with E-state index in [2.05, 4.69) is 0 Å². The molecule has 0 bridgehead atoms. The molecule has 0 saturated heterocycles. The Kier molecular flexibility index (Phi) is 6.77. The van der Waals surface area contributed by atoms with Crippen LogP contribution in [0.15, 0.2) is 82.4 Å². The van der Waals surface area contributed by atoms with Crippen molar-refractivity contribution in [1.82, 2.24) is 9.13 Å². The van der Waals surface area contributed by atoms with Crippen molar-refractivity contribution in [1.29, 1.82) is 0 Å². The molecule has 0 radical (unpaired) electrons. The SMILES string of the molecule is Cc1c(-c2ccccc2Cl)c(=O)n(C[C@H](N)c2ccccc2)c(=O)n1Cc1c(F)cccc1F. The molecule has 174 valence electrons. The second-order valence-electron chi connectivity index (χ2n) is 7.94. The highest BCUT2D eigenvalue weighted by Gasteiger charge is 2.22. The van der Waals surface area contributed by atoms with Crippen LogP contribution in [-0.4, -0.2) is 9.13 Å². The fraction of sp³-hybridized carbons (Fsp3) is 0.154. The fourth-order valence-electron chi connectivity index (χ4n) is 3.97. The molecule has 0 unspecified atom stereocenters. The van der Waals surface area contributed by atoms with Gasteiger partial charge >= 0.3 is 5.69 Å². The second-order valence-corrected chi connectivity index (χ2v) is 8.35. The Morgan fingerprint density at radius 1 is 0.882 bits per heavy atom. The van der Waals surface area contributed by atoms with E-state index in [0.717, 1.165) is 22.3 Å². The van der Waals surface area contributed by atoms with Crippen LogP contribution in [0.2, 0.25) is 5.02 Å². The zero-order valence-corrected chi connectivity index (χ0v) is 19.1. The summed E-state index contributed by atoms with van der Waals surface area (Å²) in [6.07, 6.45) is 0. The normalized spacial score (nSPS) is 12.0. The summed E-state index contributed by atoms with van der Waals surface area (Å²) in [7, 11) is 0. The molecule has 4 aromatic rings. The number of aromatic nitrogens is 2. The van der Waals surface area contributed by atoms with Gasteiger partial charge in [0.25, 0.3) is 5.56 Å². The van der Waals surface area contributed by atoms with Crippen LogP contribution in [0.25, 0.3) is 11.1 Å². The molecular formula is C26H22ClF2N3O2.